The summed E-state index contributed by atoms with van der Waals surface area (Å²) in [5.41, 5.74) is 3.33. The van der Waals surface area contributed by atoms with E-state index in [2.05, 4.69) is 10.6 Å². The summed E-state index contributed by atoms with van der Waals surface area (Å²) in [6, 6.07) is 14.2. The lowest BCUT2D eigenvalue weighted by Gasteiger charge is -2.48. The van der Waals surface area contributed by atoms with Crippen molar-refractivity contribution in [1.29, 1.82) is 0 Å². The molecule has 0 aromatic heterocycles. The zero-order chi connectivity index (χ0) is 30.3. The normalized spacial score (nSPS) is 19.3. The Morgan fingerprint density at radius 2 is 1.31 bits per heavy atom. The molecule has 0 saturated carbocycles. The minimum Gasteiger partial charge on any atom is -0.611 e. The smallest absolute Gasteiger partial charge is 0.320 e. The molecule has 226 valence electrons. The number of rotatable bonds is 10. The summed E-state index contributed by atoms with van der Waals surface area (Å²) in [5, 5.41) is 20.8. The van der Waals surface area contributed by atoms with Gasteiger partial charge in [0.1, 0.15) is 12.1 Å². The first-order chi connectivity index (χ1) is 20.2. The van der Waals surface area contributed by atoms with Crippen LogP contribution in [-0.4, -0.2) is 89.3 Å². The van der Waals surface area contributed by atoms with Crippen LogP contribution in [0.3, 0.4) is 0 Å². The first kappa shape index (κ1) is 31.2. The number of amides is 4. The maximum atomic E-state index is 13.1. The molecule has 42 heavy (non-hydrogen) atoms. The Balaban J connectivity index is 1.30. The highest BCUT2D eigenvalue weighted by molar-refractivity contribution is 5.97. The Bertz CT molecular complexity index is 1260. The Morgan fingerprint density at radius 3 is 1.81 bits per heavy atom. The Kier molecular flexibility index (Phi) is 10.4. The van der Waals surface area contributed by atoms with E-state index < -0.39 is 16.8 Å². The molecule has 0 aliphatic carbocycles. The van der Waals surface area contributed by atoms with Crippen LogP contribution in [-0.2, 0) is 9.59 Å². The molecule has 2 atom stereocenters. The van der Waals surface area contributed by atoms with Crippen LogP contribution in [0.25, 0.3) is 12.2 Å². The fourth-order valence-corrected chi connectivity index (χ4v) is 5.66. The lowest BCUT2D eigenvalue weighted by molar-refractivity contribution is -0.992. The lowest BCUT2D eigenvalue weighted by atomic mass is 10.1. The number of likely N-dealkylation sites (tertiary alicyclic amines) is 1. The topological polar surface area (TPSA) is 108 Å². The molecule has 2 N–H and O–H groups in total. The predicted molar refractivity (Wildman–Crippen MR) is 167 cm³/mol. The van der Waals surface area contributed by atoms with E-state index in [4.69, 9.17) is 0 Å². The largest absolute Gasteiger partial charge is 0.611 e. The molecule has 2 aromatic carbocycles. The Morgan fingerprint density at radius 1 is 0.833 bits per heavy atom. The van der Waals surface area contributed by atoms with Crippen molar-refractivity contribution < 1.29 is 19.1 Å². The summed E-state index contributed by atoms with van der Waals surface area (Å²) in [6.45, 7) is 8.30. The molecule has 2 heterocycles. The standard InChI is InChI=1S/C32H44N6O4/c1-5-35(4)32(41)36-22-8-10-28(36)30(39)33-26-18-14-24(15-19-26)12-13-25-16-20-27(21-17-25)34-31(40)29-11-9-23-37(29)38(42,6-2)7-3/h12-21,28-29H,5-11,22-23H2,1-4H3,(H,33,39)(H,34,40)/b13-12+/t28-,29-/m0/s1. The van der Waals surface area contributed by atoms with E-state index in [1.807, 2.05) is 81.5 Å². The molecule has 2 aromatic rings. The van der Waals surface area contributed by atoms with Gasteiger partial charge < -0.3 is 25.6 Å². The summed E-state index contributed by atoms with van der Waals surface area (Å²) >= 11 is 0. The number of benzene rings is 2. The number of quaternary nitrogens is 1. The predicted octanol–water partition coefficient (Wildman–Crippen LogP) is 5.00. The number of hydrogen-bond acceptors (Lipinski definition) is 5. The number of carbonyl (C=O) groups excluding carboxylic acids is 3. The van der Waals surface area contributed by atoms with Crippen LogP contribution in [0.4, 0.5) is 16.2 Å². The molecule has 0 radical (unpaired) electrons. The number of nitrogens with zero attached hydrogens (tertiary/aromatic N) is 4. The van der Waals surface area contributed by atoms with Crippen LogP contribution in [0, 0.1) is 5.21 Å². The van der Waals surface area contributed by atoms with E-state index >= 15 is 0 Å². The van der Waals surface area contributed by atoms with Gasteiger partial charge in [-0.05, 0) is 81.8 Å². The zero-order valence-electron chi connectivity index (χ0n) is 25.2. The number of hydrogen-bond donors (Lipinski definition) is 2. The van der Waals surface area contributed by atoms with Crippen LogP contribution in [0.5, 0.6) is 0 Å². The molecule has 2 fully saturated rings. The summed E-state index contributed by atoms with van der Waals surface area (Å²) in [4.78, 5) is 41.8. The second-order valence-corrected chi connectivity index (χ2v) is 11.0. The number of nitrogens with one attached hydrogen (secondary N) is 2. The molecule has 10 nitrogen and oxygen atoms in total. The molecule has 0 unspecified atom stereocenters. The number of urea groups is 1. The van der Waals surface area contributed by atoms with Gasteiger partial charge in [-0.3, -0.25) is 14.3 Å². The SMILES string of the molecule is CCN(C)C(=O)N1CCC[C@H]1C(=O)Nc1ccc(/C=C/c2ccc(NC(=O)[C@@H]3CCCN3[N+]([O-])(CC)CC)cc2)cc1. The van der Waals surface area contributed by atoms with E-state index in [0.717, 1.165) is 24.0 Å². The molecule has 0 spiro atoms. The highest BCUT2D eigenvalue weighted by Crippen LogP contribution is 2.26. The average Bonchev–Trinajstić information content (AvgIpc) is 3.71. The van der Waals surface area contributed by atoms with Crippen molar-refractivity contribution in [3.8, 4) is 0 Å². The summed E-state index contributed by atoms with van der Waals surface area (Å²) < 4.78 is -0.466. The molecular formula is C32H44N6O4. The summed E-state index contributed by atoms with van der Waals surface area (Å²) in [7, 11) is 1.75. The summed E-state index contributed by atoms with van der Waals surface area (Å²) in [6.07, 6.45) is 6.97. The quantitative estimate of drug-likeness (QED) is 0.235. The molecule has 2 aliphatic rings. The maximum Gasteiger partial charge on any atom is 0.320 e. The fourth-order valence-electron chi connectivity index (χ4n) is 5.66. The van der Waals surface area contributed by atoms with Crippen LogP contribution in [0.2, 0.25) is 0 Å². The second-order valence-electron chi connectivity index (χ2n) is 11.0. The first-order valence-corrected chi connectivity index (χ1v) is 15.1. The zero-order valence-corrected chi connectivity index (χ0v) is 25.2. The van der Waals surface area contributed by atoms with E-state index in [1.165, 1.54) is 0 Å². The van der Waals surface area contributed by atoms with E-state index in [0.29, 0.717) is 56.9 Å². The Labute approximate surface area is 249 Å². The van der Waals surface area contributed by atoms with Gasteiger partial charge in [0.2, 0.25) is 11.8 Å². The third kappa shape index (κ3) is 7.18. The number of anilines is 2. The van der Waals surface area contributed by atoms with Gasteiger partial charge in [-0.2, -0.15) is 0 Å². The van der Waals surface area contributed by atoms with Gasteiger partial charge in [0.25, 0.3) is 0 Å². The van der Waals surface area contributed by atoms with Crippen LogP contribution in [0.15, 0.2) is 48.5 Å². The van der Waals surface area contributed by atoms with E-state index in [9.17, 15) is 19.6 Å². The number of carbonyl (C=O) groups is 3. The molecule has 4 amide bonds. The minimum atomic E-state index is -0.466. The maximum absolute atomic E-state index is 13.1. The Hall–Kier alpha value is -3.73. The van der Waals surface area contributed by atoms with Crippen molar-refractivity contribution >= 4 is 41.4 Å². The highest BCUT2D eigenvalue weighted by atomic mass is 16.6. The van der Waals surface area contributed by atoms with Gasteiger partial charge in [-0.1, -0.05) is 36.4 Å². The first-order valence-electron chi connectivity index (χ1n) is 15.1. The van der Waals surface area contributed by atoms with E-state index in [1.54, 1.807) is 21.9 Å². The molecule has 2 aliphatic heterocycles. The van der Waals surface area contributed by atoms with Gasteiger partial charge in [-0.15, -0.1) is 5.01 Å². The molecule has 4 rings (SSSR count). The number of hydroxylamine groups is 2. The van der Waals surface area contributed by atoms with Crippen molar-refractivity contribution in [3.63, 3.8) is 0 Å². The average molecular weight is 577 g/mol. The third-order valence-electron chi connectivity index (χ3n) is 8.41. The second kappa shape index (κ2) is 14.0. The van der Waals surface area contributed by atoms with Crippen LogP contribution < -0.4 is 10.6 Å². The van der Waals surface area contributed by atoms with Gasteiger partial charge in [0, 0.05) is 38.1 Å². The van der Waals surface area contributed by atoms with Crippen molar-refractivity contribution in [2.75, 3.05) is 50.4 Å². The molecule has 0 bridgehead atoms. The highest BCUT2D eigenvalue weighted by Gasteiger charge is 2.40. The van der Waals surface area contributed by atoms with Gasteiger partial charge >= 0.3 is 6.03 Å². The fraction of sp³-hybridized carbons (Fsp3) is 0.469. The van der Waals surface area contributed by atoms with Crippen molar-refractivity contribution in [2.45, 2.75) is 58.5 Å². The van der Waals surface area contributed by atoms with Gasteiger partial charge in [0.15, 0.2) is 0 Å². The van der Waals surface area contributed by atoms with Crippen LogP contribution >= 0.6 is 0 Å². The van der Waals surface area contributed by atoms with E-state index in [-0.39, 0.29) is 17.8 Å². The van der Waals surface area contributed by atoms with Gasteiger partial charge in [-0.25, -0.2) is 4.79 Å². The van der Waals surface area contributed by atoms with Crippen molar-refractivity contribution in [2.24, 2.45) is 0 Å². The molecule has 10 heteroatoms. The minimum absolute atomic E-state index is 0.111. The third-order valence-corrected chi connectivity index (χ3v) is 8.41. The van der Waals surface area contributed by atoms with Gasteiger partial charge in [0.05, 0.1) is 13.1 Å². The van der Waals surface area contributed by atoms with Crippen LogP contribution in [0.1, 0.15) is 57.6 Å². The summed E-state index contributed by atoms with van der Waals surface area (Å²) in [5.74, 6) is -0.299. The molecular weight excluding hydrogens is 532 g/mol. The van der Waals surface area contributed by atoms with Crippen molar-refractivity contribution in [1.82, 2.24) is 14.8 Å². The molecule has 2 saturated heterocycles. The lowest BCUT2D eigenvalue weighted by Crippen LogP contribution is -2.60. The monoisotopic (exact) mass is 576 g/mol. The van der Waals surface area contributed by atoms with Crippen molar-refractivity contribution in [3.05, 3.63) is 64.9 Å².